The number of hydrogen-bond acceptors (Lipinski definition) is 2. The Labute approximate surface area is 90.9 Å². The van der Waals surface area contributed by atoms with E-state index >= 15 is 0 Å². The molecule has 2 N–H and O–H groups in total. The molecule has 0 heterocycles. The largest absolute Gasteiger partial charge is 0.298 e. The molecule has 1 aromatic rings. The molecule has 0 aromatic heterocycles. The van der Waals surface area contributed by atoms with Crippen molar-refractivity contribution in [1.82, 2.24) is 0 Å². The van der Waals surface area contributed by atoms with Gasteiger partial charge in [-0.3, -0.25) is 4.31 Å². The van der Waals surface area contributed by atoms with Crippen molar-refractivity contribution in [2.24, 2.45) is 5.14 Å². The van der Waals surface area contributed by atoms with Gasteiger partial charge in [-0.1, -0.05) is 17.7 Å². The summed E-state index contributed by atoms with van der Waals surface area (Å²) < 4.78 is 23.6. The average molecular weight is 228 g/mol. The molecule has 1 aromatic carbocycles. The second-order valence-electron chi connectivity index (χ2n) is 3.76. The van der Waals surface area contributed by atoms with Crippen molar-refractivity contribution < 1.29 is 8.42 Å². The van der Waals surface area contributed by atoms with E-state index in [-0.39, 0.29) is 0 Å². The Bertz CT molecular complexity index is 457. The maximum absolute atomic E-state index is 11.2. The van der Waals surface area contributed by atoms with E-state index in [1.54, 1.807) is 0 Å². The summed E-state index contributed by atoms with van der Waals surface area (Å²) in [6.07, 6.45) is 0. The van der Waals surface area contributed by atoms with E-state index in [4.69, 9.17) is 5.14 Å². The number of benzene rings is 1. The molecule has 0 aliphatic carbocycles. The zero-order valence-corrected chi connectivity index (χ0v) is 10.2. The predicted molar refractivity (Wildman–Crippen MR) is 62.2 cm³/mol. The first-order chi connectivity index (χ1) is 6.73. The van der Waals surface area contributed by atoms with Crippen LogP contribution in [0.3, 0.4) is 0 Å². The Morgan fingerprint density at radius 2 is 1.53 bits per heavy atom. The quantitative estimate of drug-likeness (QED) is 0.828. The molecule has 84 valence electrons. The standard InChI is InChI=1S/C10H16N2O2S/c1-7-5-8(2)10(9(3)6-7)12(4)15(11,13)14/h5-6H,1-4H3,(H2,11,13,14). The van der Waals surface area contributed by atoms with Crippen LogP contribution in [0.25, 0.3) is 0 Å². The van der Waals surface area contributed by atoms with Crippen LogP contribution in [-0.4, -0.2) is 15.5 Å². The normalized spacial score (nSPS) is 11.5. The molecule has 0 amide bonds. The zero-order valence-electron chi connectivity index (χ0n) is 9.40. The van der Waals surface area contributed by atoms with Crippen molar-refractivity contribution in [3.63, 3.8) is 0 Å². The molecule has 1 rings (SSSR count). The number of aryl methyl sites for hydroxylation is 3. The molecule has 0 unspecified atom stereocenters. The van der Waals surface area contributed by atoms with Gasteiger partial charge in [-0.25, -0.2) is 5.14 Å². The fourth-order valence-electron chi connectivity index (χ4n) is 1.80. The van der Waals surface area contributed by atoms with Crippen LogP contribution < -0.4 is 9.44 Å². The van der Waals surface area contributed by atoms with Gasteiger partial charge >= 0.3 is 0 Å². The molecular weight excluding hydrogens is 212 g/mol. The Morgan fingerprint density at radius 1 is 1.13 bits per heavy atom. The highest BCUT2D eigenvalue weighted by Crippen LogP contribution is 2.26. The van der Waals surface area contributed by atoms with Crippen LogP contribution in [0.5, 0.6) is 0 Å². The summed E-state index contributed by atoms with van der Waals surface area (Å²) in [4.78, 5) is 0. The summed E-state index contributed by atoms with van der Waals surface area (Å²) in [6, 6.07) is 3.87. The number of hydrogen-bond donors (Lipinski definition) is 1. The highest BCUT2D eigenvalue weighted by Gasteiger charge is 2.16. The molecule has 0 saturated carbocycles. The summed E-state index contributed by atoms with van der Waals surface area (Å²) in [5.74, 6) is 0. The van der Waals surface area contributed by atoms with E-state index in [9.17, 15) is 8.42 Å². The monoisotopic (exact) mass is 228 g/mol. The van der Waals surface area contributed by atoms with Gasteiger partial charge in [0.2, 0.25) is 0 Å². The van der Waals surface area contributed by atoms with Crippen LogP contribution in [0, 0.1) is 20.8 Å². The van der Waals surface area contributed by atoms with Crippen LogP contribution in [-0.2, 0) is 10.2 Å². The van der Waals surface area contributed by atoms with E-state index in [1.165, 1.54) is 7.05 Å². The first kappa shape index (κ1) is 12.0. The maximum Gasteiger partial charge on any atom is 0.298 e. The second-order valence-corrected chi connectivity index (χ2v) is 5.34. The van der Waals surface area contributed by atoms with Crippen molar-refractivity contribution in [3.05, 3.63) is 28.8 Å². The molecule has 0 spiro atoms. The maximum atomic E-state index is 11.2. The van der Waals surface area contributed by atoms with Crippen molar-refractivity contribution in [1.29, 1.82) is 0 Å². The van der Waals surface area contributed by atoms with Gasteiger partial charge in [-0.15, -0.1) is 0 Å². The number of nitrogens with two attached hydrogens (primary N) is 1. The lowest BCUT2D eigenvalue weighted by Gasteiger charge is -2.21. The highest BCUT2D eigenvalue weighted by molar-refractivity contribution is 7.90. The third-order valence-electron chi connectivity index (χ3n) is 2.33. The first-order valence-corrected chi connectivity index (χ1v) is 6.08. The first-order valence-electron chi connectivity index (χ1n) is 4.58. The second kappa shape index (κ2) is 3.83. The van der Waals surface area contributed by atoms with Crippen molar-refractivity contribution in [2.75, 3.05) is 11.4 Å². The lowest BCUT2D eigenvalue weighted by atomic mass is 10.1. The molecule has 0 bridgehead atoms. The van der Waals surface area contributed by atoms with Gasteiger partial charge in [0.15, 0.2) is 0 Å². The van der Waals surface area contributed by atoms with Gasteiger partial charge in [-0.05, 0) is 31.9 Å². The van der Waals surface area contributed by atoms with Crippen molar-refractivity contribution in [3.8, 4) is 0 Å². The summed E-state index contributed by atoms with van der Waals surface area (Å²) in [5, 5.41) is 5.08. The minimum Gasteiger partial charge on any atom is -0.261 e. The Balaban J connectivity index is 3.39. The van der Waals surface area contributed by atoms with Gasteiger partial charge in [-0.2, -0.15) is 8.42 Å². The van der Waals surface area contributed by atoms with E-state index < -0.39 is 10.2 Å². The summed E-state index contributed by atoms with van der Waals surface area (Å²) in [6.45, 7) is 5.72. The topological polar surface area (TPSA) is 63.4 Å². The Hall–Kier alpha value is -1.07. The molecule has 4 nitrogen and oxygen atoms in total. The lowest BCUT2D eigenvalue weighted by molar-refractivity contribution is 0.596. The number of anilines is 1. The third kappa shape index (κ3) is 2.49. The molecular formula is C10H16N2O2S. The van der Waals surface area contributed by atoms with E-state index in [0.717, 1.165) is 21.0 Å². The van der Waals surface area contributed by atoms with E-state index in [1.807, 2.05) is 32.9 Å². The fourth-order valence-corrected chi connectivity index (χ4v) is 2.34. The Morgan fingerprint density at radius 3 is 1.87 bits per heavy atom. The molecule has 0 atom stereocenters. The predicted octanol–water partition coefficient (Wildman–Crippen LogP) is 1.25. The summed E-state index contributed by atoms with van der Waals surface area (Å²) in [7, 11) is -2.22. The van der Waals surface area contributed by atoms with Gasteiger partial charge in [0, 0.05) is 7.05 Å². The summed E-state index contributed by atoms with van der Waals surface area (Å²) >= 11 is 0. The SMILES string of the molecule is Cc1cc(C)c(N(C)S(N)(=O)=O)c(C)c1. The van der Waals surface area contributed by atoms with E-state index in [0.29, 0.717) is 5.69 Å². The van der Waals surface area contributed by atoms with Crippen LogP contribution in [0.1, 0.15) is 16.7 Å². The van der Waals surface area contributed by atoms with Crippen molar-refractivity contribution in [2.45, 2.75) is 20.8 Å². The third-order valence-corrected chi connectivity index (χ3v) is 3.28. The minimum atomic E-state index is -3.68. The van der Waals surface area contributed by atoms with Gasteiger partial charge in [0.25, 0.3) is 10.2 Å². The van der Waals surface area contributed by atoms with Gasteiger partial charge in [0.1, 0.15) is 0 Å². The fraction of sp³-hybridized carbons (Fsp3) is 0.400. The molecule has 0 saturated heterocycles. The molecule has 15 heavy (non-hydrogen) atoms. The summed E-state index contributed by atoms with van der Waals surface area (Å²) in [5.41, 5.74) is 3.58. The molecule has 5 heteroatoms. The smallest absolute Gasteiger partial charge is 0.261 e. The molecule has 0 aliphatic rings. The van der Waals surface area contributed by atoms with Crippen LogP contribution in [0.4, 0.5) is 5.69 Å². The van der Waals surface area contributed by atoms with Gasteiger partial charge < -0.3 is 0 Å². The molecule has 0 aliphatic heterocycles. The van der Waals surface area contributed by atoms with Crippen LogP contribution in [0.15, 0.2) is 12.1 Å². The zero-order chi connectivity index (χ0) is 11.8. The van der Waals surface area contributed by atoms with Crippen molar-refractivity contribution >= 4 is 15.9 Å². The molecule has 0 fully saturated rings. The lowest BCUT2D eigenvalue weighted by Crippen LogP contribution is -2.34. The van der Waals surface area contributed by atoms with E-state index in [2.05, 4.69) is 0 Å². The minimum absolute atomic E-state index is 0.656. The molecule has 0 radical (unpaired) electrons. The van der Waals surface area contributed by atoms with Gasteiger partial charge in [0.05, 0.1) is 5.69 Å². The Kier molecular flexibility index (Phi) is 3.06. The number of nitrogens with zero attached hydrogens (tertiary/aromatic N) is 1. The van der Waals surface area contributed by atoms with Crippen LogP contribution >= 0.6 is 0 Å². The highest BCUT2D eigenvalue weighted by atomic mass is 32.2. The average Bonchev–Trinajstić information content (AvgIpc) is 1.99. The van der Waals surface area contributed by atoms with Crippen LogP contribution in [0.2, 0.25) is 0 Å². The number of rotatable bonds is 2.